The lowest BCUT2D eigenvalue weighted by Crippen LogP contribution is -2.33. The number of hydrogen-bond donors (Lipinski definition) is 0. The van der Waals surface area contributed by atoms with Gasteiger partial charge in [-0.05, 0) is 0 Å². The molecule has 0 radical (unpaired) electrons. The average Bonchev–Trinajstić information content (AvgIpc) is 2.89. The van der Waals surface area contributed by atoms with E-state index >= 15 is 0 Å². The summed E-state index contributed by atoms with van der Waals surface area (Å²) in [5.74, 6) is -5.79. The van der Waals surface area contributed by atoms with E-state index in [1.165, 1.54) is 0 Å². The van der Waals surface area contributed by atoms with Crippen LogP contribution in [0.15, 0.2) is 11.1 Å². The minimum atomic E-state index is -5.46. The summed E-state index contributed by atoms with van der Waals surface area (Å²) in [6.45, 7) is 0. The van der Waals surface area contributed by atoms with Crippen LogP contribution in [-0.4, -0.2) is 25.2 Å². The fourth-order valence-electron chi connectivity index (χ4n) is 1.68. The molecular formula is C10H5F5N2O2. The van der Waals surface area contributed by atoms with Gasteiger partial charge in [0.1, 0.15) is 6.07 Å². The Morgan fingerprint density at radius 2 is 1.74 bits per heavy atom. The van der Waals surface area contributed by atoms with Gasteiger partial charge in [-0.25, -0.2) is 13.6 Å². The molecule has 9 heteroatoms. The van der Waals surface area contributed by atoms with Crippen LogP contribution in [0.1, 0.15) is 6.42 Å². The number of halogens is 5. The summed E-state index contributed by atoms with van der Waals surface area (Å²) in [4.78, 5) is 11.1. The van der Waals surface area contributed by atoms with Gasteiger partial charge in [0.15, 0.2) is 11.0 Å². The second kappa shape index (κ2) is 4.19. The predicted molar refractivity (Wildman–Crippen MR) is 48.3 cm³/mol. The molecule has 19 heavy (non-hydrogen) atoms. The predicted octanol–water partition coefficient (Wildman–Crippen LogP) is 2.09. The zero-order chi connectivity index (χ0) is 15.1. The van der Waals surface area contributed by atoms with Crippen molar-refractivity contribution in [3.8, 4) is 12.1 Å². The summed E-state index contributed by atoms with van der Waals surface area (Å²) in [7, 11) is 0.750. The van der Waals surface area contributed by atoms with E-state index in [0.717, 1.165) is 19.2 Å². The van der Waals surface area contributed by atoms with Gasteiger partial charge in [0.2, 0.25) is 0 Å². The Kier molecular flexibility index (Phi) is 3.29. The molecule has 0 saturated heterocycles. The highest BCUT2D eigenvalue weighted by atomic mass is 19.4. The summed E-state index contributed by atoms with van der Waals surface area (Å²) < 4.78 is 68.5. The maximum absolute atomic E-state index is 13.1. The maximum atomic E-state index is 13.1. The Hall–Kier alpha value is -2.16. The van der Waals surface area contributed by atoms with Gasteiger partial charge in [-0.1, -0.05) is 0 Å². The molecule has 1 fully saturated rings. The monoisotopic (exact) mass is 280 g/mol. The summed E-state index contributed by atoms with van der Waals surface area (Å²) in [5, 5.41) is 17.2. The van der Waals surface area contributed by atoms with Crippen molar-refractivity contribution in [3.63, 3.8) is 0 Å². The molecule has 1 unspecified atom stereocenters. The number of alkyl halides is 5. The van der Waals surface area contributed by atoms with Gasteiger partial charge in [-0.15, -0.1) is 0 Å². The highest BCUT2D eigenvalue weighted by molar-refractivity contribution is 5.95. The van der Waals surface area contributed by atoms with E-state index in [1.807, 2.05) is 0 Å². The number of nitriles is 2. The van der Waals surface area contributed by atoms with Crippen LogP contribution in [0.25, 0.3) is 0 Å². The van der Waals surface area contributed by atoms with E-state index in [1.54, 1.807) is 0 Å². The second-order valence-electron chi connectivity index (χ2n) is 3.75. The van der Waals surface area contributed by atoms with Gasteiger partial charge >= 0.3 is 12.1 Å². The molecule has 0 aromatic heterocycles. The maximum Gasteiger partial charge on any atom is 0.405 e. The van der Waals surface area contributed by atoms with E-state index in [0.29, 0.717) is 0 Å². The van der Waals surface area contributed by atoms with Gasteiger partial charge in [-0.3, -0.25) is 0 Å². The van der Waals surface area contributed by atoms with E-state index in [-0.39, 0.29) is 0 Å². The van der Waals surface area contributed by atoms with Crippen molar-refractivity contribution in [2.45, 2.75) is 18.5 Å². The van der Waals surface area contributed by atoms with E-state index < -0.39 is 41.1 Å². The van der Waals surface area contributed by atoms with E-state index in [9.17, 15) is 26.7 Å². The smallest absolute Gasteiger partial charge is 0.405 e. The molecule has 1 atom stereocenters. The third-order valence-corrected chi connectivity index (χ3v) is 2.76. The quantitative estimate of drug-likeness (QED) is 0.336. The van der Waals surface area contributed by atoms with Crippen molar-refractivity contribution in [2.75, 3.05) is 7.11 Å². The van der Waals surface area contributed by atoms with E-state index in [2.05, 4.69) is 4.74 Å². The number of carbonyl (C=O) groups is 1. The first-order chi connectivity index (χ1) is 8.59. The van der Waals surface area contributed by atoms with Gasteiger partial charge in [-0.2, -0.15) is 23.7 Å². The van der Waals surface area contributed by atoms with Crippen LogP contribution in [0.4, 0.5) is 22.0 Å². The van der Waals surface area contributed by atoms with Crippen molar-refractivity contribution in [1.29, 1.82) is 10.5 Å². The second-order valence-corrected chi connectivity index (χ2v) is 3.75. The summed E-state index contributed by atoms with van der Waals surface area (Å²) in [6, 6.07) is 1.90. The van der Waals surface area contributed by atoms with Crippen LogP contribution >= 0.6 is 0 Å². The topological polar surface area (TPSA) is 73.9 Å². The summed E-state index contributed by atoms with van der Waals surface area (Å²) in [6.07, 6.45) is -7.13. The first kappa shape index (κ1) is 14.9. The molecule has 0 heterocycles. The Bertz CT molecular complexity index is 538. The normalized spacial score (nSPS) is 25.7. The SMILES string of the molecule is COC(=O)/C(C#N)=C(/C#N)C1(C(F)(F)F)CC1(F)F. The molecule has 4 nitrogen and oxygen atoms in total. The molecule has 0 N–H and O–H groups in total. The standard InChI is InChI=1S/C10H5F5N2O2/c1-19-7(18)5(2-16)6(3-17)8(10(13,14)15)4-9(8,11)12/h4H2,1H3/b6-5-. The molecule has 0 aromatic rings. The minimum Gasteiger partial charge on any atom is -0.465 e. The molecule has 0 spiro atoms. The van der Waals surface area contributed by atoms with Gasteiger partial charge < -0.3 is 4.74 Å². The highest BCUT2D eigenvalue weighted by Crippen LogP contribution is 2.72. The lowest BCUT2D eigenvalue weighted by Gasteiger charge is -2.19. The van der Waals surface area contributed by atoms with Crippen LogP contribution in [0.3, 0.4) is 0 Å². The Morgan fingerprint density at radius 3 is 1.95 bits per heavy atom. The Balaban J connectivity index is 3.56. The Labute approximate surface area is 103 Å². The number of rotatable bonds is 2. The molecule has 1 rings (SSSR count). The van der Waals surface area contributed by atoms with E-state index in [4.69, 9.17) is 10.5 Å². The fourth-order valence-corrected chi connectivity index (χ4v) is 1.68. The van der Waals surface area contributed by atoms with Crippen LogP contribution < -0.4 is 0 Å². The summed E-state index contributed by atoms with van der Waals surface area (Å²) in [5.41, 5.74) is -6.76. The lowest BCUT2D eigenvalue weighted by atomic mass is 9.91. The fraction of sp³-hybridized carbons (Fsp3) is 0.500. The van der Waals surface area contributed by atoms with Crippen LogP contribution in [0, 0.1) is 28.1 Å². The molecule has 0 bridgehead atoms. The molecule has 0 amide bonds. The molecular weight excluding hydrogens is 275 g/mol. The zero-order valence-corrected chi connectivity index (χ0v) is 9.31. The van der Waals surface area contributed by atoms with Crippen molar-refractivity contribution >= 4 is 5.97 Å². The number of nitrogens with zero attached hydrogens (tertiary/aromatic N) is 2. The molecule has 0 aromatic carbocycles. The highest BCUT2D eigenvalue weighted by Gasteiger charge is 2.86. The summed E-state index contributed by atoms with van der Waals surface area (Å²) >= 11 is 0. The van der Waals surface area contributed by atoms with Crippen LogP contribution in [0.2, 0.25) is 0 Å². The molecule has 1 aliphatic rings. The number of hydrogen-bond acceptors (Lipinski definition) is 4. The lowest BCUT2D eigenvalue weighted by molar-refractivity contribution is -0.197. The zero-order valence-electron chi connectivity index (χ0n) is 9.31. The average molecular weight is 280 g/mol. The van der Waals surface area contributed by atoms with Gasteiger partial charge in [0, 0.05) is 6.42 Å². The number of carbonyl (C=O) groups excluding carboxylic acids is 1. The van der Waals surface area contributed by atoms with Crippen LogP contribution in [0.5, 0.6) is 0 Å². The first-order valence-corrected chi connectivity index (χ1v) is 4.67. The van der Waals surface area contributed by atoms with Crippen molar-refractivity contribution in [3.05, 3.63) is 11.1 Å². The van der Waals surface area contributed by atoms with Crippen molar-refractivity contribution < 1.29 is 31.5 Å². The molecule has 1 saturated carbocycles. The molecule has 102 valence electrons. The van der Waals surface area contributed by atoms with Crippen molar-refractivity contribution in [2.24, 2.45) is 5.41 Å². The molecule has 0 aliphatic heterocycles. The molecule has 1 aliphatic carbocycles. The first-order valence-electron chi connectivity index (χ1n) is 4.67. The van der Waals surface area contributed by atoms with Gasteiger partial charge in [0.25, 0.3) is 5.92 Å². The van der Waals surface area contributed by atoms with Crippen LogP contribution in [-0.2, 0) is 9.53 Å². The van der Waals surface area contributed by atoms with Crippen molar-refractivity contribution in [1.82, 2.24) is 0 Å². The number of methoxy groups -OCH3 is 1. The largest absolute Gasteiger partial charge is 0.465 e. The minimum absolute atomic E-state index is 0.750. The Morgan fingerprint density at radius 1 is 1.26 bits per heavy atom. The van der Waals surface area contributed by atoms with Gasteiger partial charge in [0.05, 0.1) is 18.8 Å². The third-order valence-electron chi connectivity index (χ3n) is 2.76. The number of allylic oxidation sites excluding steroid dienone is 1. The number of esters is 1. The number of ether oxygens (including phenoxy) is 1. The third kappa shape index (κ3) is 1.91.